The Morgan fingerprint density at radius 1 is 1.29 bits per heavy atom. The molecule has 0 spiro atoms. The Kier molecular flexibility index (Phi) is 4.18. The third-order valence-electron chi connectivity index (χ3n) is 3.26. The van der Waals surface area contributed by atoms with Crippen molar-refractivity contribution < 1.29 is 14.6 Å². The van der Waals surface area contributed by atoms with Crippen molar-refractivity contribution in [3.8, 4) is 11.4 Å². The van der Waals surface area contributed by atoms with Crippen molar-refractivity contribution in [3.05, 3.63) is 55.9 Å². The van der Waals surface area contributed by atoms with Gasteiger partial charge in [-0.05, 0) is 47.5 Å². The number of carboxylic acid groups (broad SMARTS) is 1. The molecule has 0 aliphatic rings. The lowest BCUT2D eigenvalue weighted by atomic mass is 10.1. The molecule has 0 saturated heterocycles. The molecular weight excluding hydrogens is 338 g/mol. The number of aryl methyl sites for hydroxylation is 1. The summed E-state index contributed by atoms with van der Waals surface area (Å²) in [5.74, 6) is -0.477. The van der Waals surface area contributed by atoms with Gasteiger partial charge >= 0.3 is 5.97 Å². The van der Waals surface area contributed by atoms with E-state index in [2.05, 4.69) is 15.9 Å². The van der Waals surface area contributed by atoms with Gasteiger partial charge in [-0.2, -0.15) is 0 Å². The van der Waals surface area contributed by atoms with E-state index in [0.717, 1.165) is 0 Å². The van der Waals surface area contributed by atoms with Crippen LogP contribution in [0.15, 0.2) is 33.5 Å². The summed E-state index contributed by atoms with van der Waals surface area (Å²) in [5, 5.41) is 9.33. The summed E-state index contributed by atoms with van der Waals surface area (Å²) in [6, 6.07) is 6.50. The number of aromatic nitrogens is 1. The highest BCUT2D eigenvalue weighted by Gasteiger charge is 2.18. The number of carbonyl (C=O) groups is 1. The summed E-state index contributed by atoms with van der Waals surface area (Å²) in [5.41, 5.74) is 1.20. The third-order valence-corrected chi connectivity index (χ3v) is 3.93. The number of methoxy groups -OCH3 is 1. The van der Waals surface area contributed by atoms with E-state index in [1.165, 1.54) is 17.7 Å². The second-order valence-corrected chi connectivity index (χ2v) is 5.44. The zero-order valence-corrected chi connectivity index (χ0v) is 13.4. The maximum absolute atomic E-state index is 12.3. The van der Waals surface area contributed by atoms with E-state index in [1.54, 1.807) is 32.0 Å². The fourth-order valence-corrected chi connectivity index (χ4v) is 2.72. The molecule has 110 valence electrons. The lowest BCUT2D eigenvalue weighted by Gasteiger charge is -2.16. The molecule has 0 bridgehead atoms. The van der Waals surface area contributed by atoms with Crippen molar-refractivity contribution in [2.24, 2.45) is 0 Å². The van der Waals surface area contributed by atoms with E-state index in [4.69, 9.17) is 4.74 Å². The number of nitrogens with zero attached hydrogens (tertiary/aromatic N) is 1. The van der Waals surface area contributed by atoms with Crippen molar-refractivity contribution in [1.29, 1.82) is 0 Å². The molecule has 0 fully saturated rings. The van der Waals surface area contributed by atoms with E-state index >= 15 is 0 Å². The molecule has 0 aliphatic heterocycles. The zero-order chi connectivity index (χ0) is 15.7. The van der Waals surface area contributed by atoms with Crippen LogP contribution >= 0.6 is 15.9 Å². The minimum Gasteiger partial charge on any atom is -0.497 e. The number of rotatable bonds is 3. The minimum absolute atomic E-state index is 0.129. The van der Waals surface area contributed by atoms with Crippen LogP contribution in [0.1, 0.15) is 21.6 Å². The smallest absolute Gasteiger partial charge is 0.337 e. The molecule has 1 N–H and O–H groups in total. The van der Waals surface area contributed by atoms with Crippen LogP contribution in [0.25, 0.3) is 5.69 Å². The van der Waals surface area contributed by atoms with Crippen LogP contribution in [0.5, 0.6) is 5.75 Å². The molecule has 1 aromatic carbocycles. The number of ether oxygens (including phenoxy) is 1. The van der Waals surface area contributed by atoms with Crippen LogP contribution in [0.2, 0.25) is 0 Å². The summed E-state index contributed by atoms with van der Waals surface area (Å²) in [6.07, 6.45) is 0. The van der Waals surface area contributed by atoms with E-state index in [-0.39, 0.29) is 11.1 Å². The number of benzene rings is 1. The molecule has 0 unspecified atom stereocenters. The van der Waals surface area contributed by atoms with Gasteiger partial charge in [-0.3, -0.25) is 9.36 Å². The average molecular weight is 352 g/mol. The van der Waals surface area contributed by atoms with Gasteiger partial charge in [-0.15, -0.1) is 0 Å². The maximum Gasteiger partial charge on any atom is 0.337 e. The van der Waals surface area contributed by atoms with Crippen molar-refractivity contribution in [2.75, 3.05) is 7.11 Å². The van der Waals surface area contributed by atoms with Crippen LogP contribution < -0.4 is 10.3 Å². The quantitative estimate of drug-likeness (QED) is 0.922. The molecule has 2 aromatic rings. The van der Waals surface area contributed by atoms with E-state index in [9.17, 15) is 14.7 Å². The summed E-state index contributed by atoms with van der Waals surface area (Å²) in [7, 11) is 1.53. The molecule has 0 radical (unpaired) electrons. The second kappa shape index (κ2) is 5.73. The number of hydrogen-bond donors (Lipinski definition) is 1. The Morgan fingerprint density at radius 3 is 2.52 bits per heavy atom. The fraction of sp³-hybridized carbons (Fsp3) is 0.200. The van der Waals surface area contributed by atoms with Crippen molar-refractivity contribution in [2.45, 2.75) is 13.8 Å². The standard InChI is InChI=1S/C15H14BrNO4/c1-8-6-13(18)17(9(2)14(8)15(19)20)12-7-10(21-3)4-5-11(12)16/h4-7H,1-3H3,(H,19,20). The van der Waals surface area contributed by atoms with Crippen molar-refractivity contribution >= 4 is 21.9 Å². The van der Waals surface area contributed by atoms with Crippen LogP contribution in [0.4, 0.5) is 0 Å². The molecule has 21 heavy (non-hydrogen) atoms. The van der Waals surface area contributed by atoms with Gasteiger partial charge in [-0.1, -0.05) is 0 Å². The number of halogens is 1. The number of carboxylic acids is 1. The highest BCUT2D eigenvalue weighted by molar-refractivity contribution is 9.10. The lowest BCUT2D eigenvalue weighted by Crippen LogP contribution is -2.24. The normalized spacial score (nSPS) is 10.5. The molecule has 6 heteroatoms. The van der Waals surface area contributed by atoms with Gasteiger partial charge < -0.3 is 9.84 Å². The molecule has 1 aromatic heterocycles. The van der Waals surface area contributed by atoms with Crippen molar-refractivity contribution in [1.82, 2.24) is 4.57 Å². The summed E-state index contributed by atoms with van der Waals surface area (Å²) in [4.78, 5) is 23.7. The third kappa shape index (κ3) is 2.71. The number of pyridine rings is 1. The van der Waals surface area contributed by atoms with Crippen LogP contribution in [0, 0.1) is 13.8 Å². The summed E-state index contributed by atoms with van der Waals surface area (Å²) >= 11 is 3.38. The SMILES string of the molecule is COc1ccc(Br)c(-n2c(C)c(C(=O)O)c(C)cc2=O)c1. The van der Waals surface area contributed by atoms with Gasteiger partial charge in [0, 0.05) is 22.3 Å². The first-order valence-corrected chi connectivity index (χ1v) is 6.96. The molecule has 0 amide bonds. The average Bonchev–Trinajstić information content (AvgIpc) is 2.39. The molecule has 1 heterocycles. The van der Waals surface area contributed by atoms with Gasteiger partial charge in [0.25, 0.3) is 5.56 Å². The number of hydrogen-bond acceptors (Lipinski definition) is 3. The Balaban J connectivity index is 2.84. The molecule has 2 rings (SSSR count). The molecule has 0 aliphatic carbocycles. The van der Waals surface area contributed by atoms with E-state index in [0.29, 0.717) is 27.2 Å². The van der Waals surface area contributed by atoms with Gasteiger partial charge in [0.15, 0.2) is 0 Å². The van der Waals surface area contributed by atoms with Crippen LogP contribution in [-0.4, -0.2) is 22.8 Å². The molecule has 0 saturated carbocycles. The highest BCUT2D eigenvalue weighted by atomic mass is 79.9. The lowest BCUT2D eigenvalue weighted by molar-refractivity contribution is 0.0694. The monoisotopic (exact) mass is 351 g/mol. The van der Waals surface area contributed by atoms with Crippen LogP contribution in [0.3, 0.4) is 0 Å². The Labute approximate surface area is 129 Å². The molecule has 0 atom stereocenters. The van der Waals surface area contributed by atoms with Gasteiger partial charge in [0.05, 0.1) is 18.4 Å². The first-order valence-electron chi connectivity index (χ1n) is 6.17. The molecule has 5 nitrogen and oxygen atoms in total. The Morgan fingerprint density at radius 2 is 1.95 bits per heavy atom. The summed E-state index contributed by atoms with van der Waals surface area (Å²) < 4.78 is 7.20. The Hall–Kier alpha value is -2.08. The Bertz CT molecular complexity index is 780. The van der Waals surface area contributed by atoms with Gasteiger partial charge in [-0.25, -0.2) is 4.79 Å². The van der Waals surface area contributed by atoms with Crippen LogP contribution in [-0.2, 0) is 0 Å². The highest BCUT2D eigenvalue weighted by Crippen LogP contribution is 2.27. The van der Waals surface area contributed by atoms with E-state index < -0.39 is 5.97 Å². The van der Waals surface area contributed by atoms with E-state index in [1.807, 2.05) is 0 Å². The first-order chi connectivity index (χ1) is 9.86. The number of aromatic carboxylic acids is 1. The first kappa shape index (κ1) is 15.3. The predicted octanol–water partition coefficient (Wildman–Crippen LogP) is 2.92. The summed E-state index contributed by atoms with van der Waals surface area (Å²) in [6.45, 7) is 3.23. The largest absolute Gasteiger partial charge is 0.497 e. The predicted molar refractivity (Wildman–Crippen MR) is 82.7 cm³/mol. The van der Waals surface area contributed by atoms with Gasteiger partial charge in [0.1, 0.15) is 5.75 Å². The minimum atomic E-state index is -1.06. The molecular formula is C15H14BrNO4. The van der Waals surface area contributed by atoms with Crippen molar-refractivity contribution in [3.63, 3.8) is 0 Å². The maximum atomic E-state index is 12.3. The fourth-order valence-electron chi connectivity index (χ4n) is 2.30. The zero-order valence-electron chi connectivity index (χ0n) is 11.8. The topological polar surface area (TPSA) is 68.5 Å². The van der Waals surface area contributed by atoms with Gasteiger partial charge in [0.2, 0.25) is 0 Å². The second-order valence-electron chi connectivity index (χ2n) is 4.58.